The van der Waals surface area contributed by atoms with Gasteiger partial charge in [0.15, 0.2) is 0 Å². The van der Waals surface area contributed by atoms with Gasteiger partial charge in [-0.2, -0.15) is 0 Å². The lowest BCUT2D eigenvalue weighted by molar-refractivity contribution is -0.117. The van der Waals surface area contributed by atoms with Gasteiger partial charge in [0.2, 0.25) is 5.91 Å². The van der Waals surface area contributed by atoms with Crippen molar-refractivity contribution in [3.8, 4) is 0 Å². The number of hydrogen-bond donors (Lipinski definition) is 2. The maximum Gasteiger partial charge on any atom is 0.321 e. The average molecular weight is 306 g/mol. The molecule has 1 aliphatic rings. The van der Waals surface area contributed by atoms with Crippen LogP contribution in [0.25, 0.3) is 0 Å². The number of carbonyl (C=O) groups is 2. The summed E-state index contributed by atoms with van der Waals surface area (Å²) in [5.41, 5.74) is 2.44. The molecule has 0 bridgehead atoms. The Hall–Kier alpha value is -1.49. The van der Waals surface area contributed by atoms with Crippen molar-refractivity contribution in [2.45, 2.75) is 50.5 Å². The molecule has 21 heavy (non-hydrogen) atoms. The Labute approximate surface area is 130 Å². The zero-order chi connectivity index (χ0) is 15.2. The van der Waals surface area contributed by atoms with E-state index >= 15 is 0 Å². The lowest BCUT2D eigenvalue weighted by Gasteiger charge is -2.12. The number of hydrogen-bond acceptors (Lipinski definition) is 3. The van der Waals surface area contributed by atoms with E-state index in [0.29, 0.717) is 0 Å². The summed E-state index contributed by atoms with van der Waals surface area (Å²) in [4.78, 5) is 24.5. The van der Waals surface area contributed by atoms with E-state index in [-0.39, 0.29) is 23.7 Å². The van der Waals surface area contributed by atoms with Crippen LogP contribution in [0, 0.1) is 13.8 Å². The molecule has 1 fully saturated rings. The molecule has 114 valence electrons. The van der Waals surface area contributed by atoms with E-state index in [9.17, 15) is 9.59 Å². The fraction of sp³-hybridized carbons (Fsp3) is 0.500. The molecule has 2 rings (SSSR count). The molecule has 4 nitrogen and oxygen atoms in total. The van der Waals surface area contributed by atoms with Crippen LogP contribution in [0.5, 0.6) is 0 Å². The van der Waals surface area contributed by atoms with Crippen molar-refractivity contribution >= 4 is 23.7 Å². The number of nitrogens with one attached hydrogen (secondary N) is 2. The van der Waals surface area contributed by atoms with Gasteiger partial charge in [0.25, 0.3) is 0 Å². The Morgan fingerprint density at radius 1 is 1.19 bits per heavy atom. The number of rotatable bonds is 4. The van der Waals surface area contributed by atoms with E-state index in [1.165, 1.54) is 22.9 Å². The minimum Gasteiger partial charge on any atom is -0.335 e. The minimum atomic E-state index is -0.368. The van der Waals surface area contributed by atoms with Crippen LogP contribution in [0.15, 0.2) is 23.1 Å². The van der Waals surface area contributed by atoms with Crippen molar-refractivity contribution in [3.63, 3.8) is 0 Å². The van der Waals surface area contributed by atoms with E-state index in [4.69, 9.17) is 0 Å². The van der Waals surface area contributed by atoms with Crippen molar-refractivity contribution < 1.29 is 9.59 Å². The molecular formula is C16H22N2O2S. The molecule has 1 saturated carbocycles. The van der Waals surface area contributed by atoms with Gasteiger partial charge < -0.3 is 5.32 Å². The average Bonchev–Trinajstić information content (AvgIpc) is 2.92. The van der Waals surface area contributed by atoms with Crippen LogP contribution in [0.2, 0.25) is 0 Å². The summed E-state index contributed by atoms with van der Waals surface area (Å²) >= 11 is 1.44. The van der Waals surface area contributed by atoms with Crippen LogP contribution in [-0.4, -0.2) is 23.7 Å². The molecule has 1 aliphatic carbocycles. The molecule has 0 spiro atoms. The fourth-order valence-electron chi connectivity index (χ4n) is 2.41. The van der Waals surface area contributed by atoms with E-state index < -0.39 is 0 Å². The molecule has 0 atom stereocenters. The quantitative estimate of drug-likeness (QED) is 0.840. The van der Waals surface area contributed by atoms with Crippen molar-refractivity contribution in [3.05, 3.63) is 29.3 Å². The largest absolute Gasteiger partial charge is 0.335 e. The Morgan fingerprint density at radius 3 is 2.57 bits per heavy atom. The highest BCUT2D eigenvalue weighted by molar-refractivity contribution is 8.00. The van der Waals surface area contributed by atoms with Gasteiger partial charge >= 0.3 is 6.03 Å². The molecule has 3 amide bonds. The van der Waals surface area contributed by atoms with Gasteiger partial charge in [0, 0.05) is 10.9 Å². The molecule has 0 unspecified atom stereocenters. The zero-order valence-electron chi connectivity index (χ0n) is 12.6. The maximum atomic E-state index is 11.8. The molecule has 5 heteroatoms. The summed E-state index contributed by atoms with van der Waals surface area (Å²) in [7, 11) is 0. The second kappa shape index (κ2) is 7.50. The van der Waals surface area contributed by atoms with Crippen LogP contribution in [-0.2, 0) is 4.79 Å². The summed E-state index contributed by atoms with van der Waals surface area (Å²) in [6.07, 6.45) is 4.33. The normalized spacial score (nSPS) is 15.0. The van der Waals surface area contributed by atoms with Crippen LogP contribution in [0.1, 0.15) is 36.8 Å². The smallest absolute Gasteiger partial charge is 0.321 e. The number of carbonyl (C=O) groups excluding carboxylic acids is 2. The third-order valence-electron chi connectivity index (χ3n) is 3.79. The number of imide groups is 1. The second-order valence-corrected chi connectivity index (χ2v) is 6.59. The van der Waals surface area contributed by atoms with Crippen molar-refractivity contribution in [2.75, 3.05) is 5.75 Å². The van der Waals surface area contributed by atoms with Crippen LogP contribution in [0.4, 0.5) is 4.79 Å². The summed E-state index contributed by atoms with van der Waals surface area (Å²) in [5, 5.41) is 5.24. The molecule has 0 aromatic heterocycles. The first-order valence-corrected chi connectivity index (χ1v) is 8.33. The summed E-state index contributed by atoms with van der Waals surface area (Å²) < 4.78 is 0. The van der Waals surface area contributed by atoms with Gasteiger partial charge in [-0.3, -0.25) is 10.1 Å². The lowest BCUT2D eigenvalue weighted by Crippen LogP contribution is -2.44. The molecule has 0 saturated heterocycles. The molecule has 0 radical (unpaired) electrons. The standard InChI is InChI=1S/C16H22N2O2S/c1-11-7-8-14(9-12(11)2)21-10-15(19)18-16(20)17-13-5-3-4-6-13/h7-9,13H,3-6,10H2,1-2H3,(H2,17,18,19,20). The number of urea groups is 1. The highest BCUT2D eigenvalue weighted by Gasteiger charge is 2.18. The van der Waals surface area contributed by atoms with Gasteiger partial charge in [-0.1, -0.05) is 18.9 Å². The predicted octanol–water partition coefficient (Wildman–Crippen LogP) is 3.16. The minimum absolute atomic E-state index is 0.227. The zero-order valence-corrected chi connectivity index (χ0v) is 13.4. The van der Waals surface area contributed by atoms with Gasteiger partial charge in [0.1, 0.15) is 0 Å². The summed E-state index contributed by atoms with van der Waals surface area (Å²) in [6.45, 7) is 4.11. The molecule has 2 N–H and O–H groups in total. The van der Waals surface area contributed by atoms with E-state index in [1.807, 2.05) is 12.1 Å². The number of aryl methyl sites for hydroxylation is 2. The third-order valence-corrected chi connectivity index (χ3v) is 4.79. The SMILES string of the molecule is Cc1ccc(SCC(=O)NC(=O)NC2CCCC2)cc1C. The molecule has 0 heterocycles. The monoisotopic (exact) mass is 306 g/mol. The van der Waals surface area contributed by atoms with Crippen LogP contribution in [0.3, 0.4) is 0 Å². The highest BCUT2D eigenvalue weighted by atomic mass is 32.2. The Balaban J connectivity index is 1.73. The van der Waals surface area contributed by atoms with Crippen molar-refractivity contribution in [1.29, 1.82) is 0 Å². The van der Waals surface area contributed by atoms with Crippen molar-refractivity contribution in [1.82, 2.24) is 10.6 Å². The van der Waals surface area contributed by atoms with Gasteiger partial charge in [-0.05, 0) is 49.9 Å². The lowest BCUT2D eigenvalue weighted by atomic mass is 10.1. The molecule has 1 aromatic rings. The maximum absolute atomic E-state index is 11.8. The number of thioether (sulfide) groups is 1. The van der Waals surface area contributed by atoms with E-state index in [0.717, 1.165) is 30.6 Å². The predicted molar refractivity (Wildman–Crippen MR) is 85.6 cm³/mol. The summed E-state index contributed by atoms with van der Waals surface area (Å²) in [5.74, 6) is -0.00523. The van der Waals surface area contributed by atoms with Gasteiger partial charge in [0.05, 0.1) is 5.75 Å². The van der Waals surface area contributed by atoms with E-state index in [1.54, 1.807) is 0 Å². The molecule has 0 aliphatic heterocycles. The number of amides is 3. The fourth-order valence-corrected chi connectivity index (χ4v) is 3.20. The topological polar surface area (TPSA) is 58.2 Å². The van der Waals surface area contributed by atoms with Crippen molar-refractivity contribution in [2.24, 2.45) is 0 Å². The summed E-state index contributed by atoms with van der Waals surface area (Å²) in [6, 6.07) is 5.96. The third kappa shape index (κ3) is 5.08. The van der Waals surface area contributed by atoms with Crippen LogP contribution < -0.4 is 10.6 Å². The van der Waals surface area contributed by atoms with Crippen LogP contribution >= 0.6 is 11.8 Å². The van der Waals surface area contributed by atoms with Gasteiger partial charge in [-0.15, -0.1) is 11.8 Å². The highest BCUT2D eigenvalue weighted by Crippen LogP contribution is 2.21. The first-order chi connectivity index (χ1) is 10.0. The Bertz CT molecular complexity index is 525. The first-order valence-electron chi connectivity index (χ1n) is 7.35. The Kier molecular flexibility index (Phi) is 5.67. The Morgan fingerprint density at radius 2 is 1.90 bits per heavy atom. The molecule has 1 aromatic carbocycles. The second-order valence-electron chi connectivity index (χ2n) is 5.54. The van der Waals surface area contributed by atoms with E-state index in [2.05, 4.69) is 30.5 Å². The molecular weight excluding hydrogens is 284 g/mol. The first kappa shape index (κ1) is 15.9. The van der Waals surface area contributed by atoms with Gasteiger partial charge in [-0.25, -0.2) is 4.79 Å². The number of benzene rings is 1.